The fraction of sp³-hybridized carbons (Fsp3) is 0.467. The van der Waals surface area contributed by atoms with Gasteiger partial charge in [-0.1, -0.05) is 12.1 Å². The number of urea groups is 1. The molecule has 0 atom stereocenters. The molecule has 0 bridgehead atoms. The van der Waals surface area contributed by atoms with Gasteiger partial charge >= 0.3 is 12.2 Å². The highest BCUT2D eigenvalue weighted by Gasteiger charge is 2.32. The van der Waals surface area contributed by atoms with Gasteiger partial charge in [0.1, 0.15) is 0 Å². The summed E-state index contributed by atoms with van der Waals surface area (Å²) >= 11 is 0. The second-order valence-electron chi connectivity index (χ2n) is 5.46. The van der Waals surface area contributed by atoms with Crippen LogP contribution in [0.4, 0.5) is 18.0 Å². The van der Waals surface area contributed by atoms with Gasteiger partial charge in [-0.05, 0) is 30.5 Å². The number of amides is 3. The molecule has 1 aliphatic carbocycles. The van der Waals surface area contributed by atoms with Crippen LogP contribution < -0.4 is 10.6 Å². The van der Waals surface area contributed by atoms with Crippen LogP contribution in [0.25, 0.3) is 0 Å². The lowest BCUT2D eigenvalue weighted by Crippen LogP contribution is -2.43. The number of nitrogens with zero attached hydrogens (tertiary/aromatic N) is 1. The third-order valence-electron chi connectivity index (χ3n) is 3.56. The lowest BCUT2D eigenvalue weighted by Gasteiger charge is -2.21. The zero-order valence-corrected chi connectivity index (χ0v) is 12.6. The standard InChI is InChI=1S/C15H18F3N3O2/c1-19-14(23)20-13(22)9-21(12-6-7-12)8-10-2-4-11(5-3-10)15(16,17)18/h2-5,12H,6-9H2,1H3,(H2,19,20,22,23). The van der Waals surface area contributed by atoms with Gasteiger partial charge in [0, 0.05) is 19.6 Å². The van der Waals surface area contributed by atoms with Crippen molar-refractivity contribution < 1.29 is 22.8 Å². The maximum Gasteiger partial charge on any atom is 0.416 e. The summed E-state index contributed by atoms with van der Waals surface area (Å²) in [6.45, 7) is 0.392. The van der Waals surface area contributed by atoms with Gasteiger partial charge in [-0.2, -0.15) is 13.2 Å². The number of carbonyl (C=O) groups is 2. The molecule has 0 radical (unpaired) electrons. The molecule has 1 fully saturated rings. The Morgan fingerprint density at radius 2 is 1.83 bits per heavy atom. The first-order valence-corrected chi connectivity index (χ1v) is 7.21. The molecule has 0 spiro atoms. The number of benzene rings is 1. The average molecular weight is 329 g/mol. The SMILES string of the molecule is CNC(=O)NC(=O)CN(Cc1ccc(C(F)(F)F)cc1)C1CC1. The van der Waals surface area contributed by atoms with E-state index in [0.717, 1.165) is 25.0 Å². The van der Waals surface area contributed by atoms with Crippen molar-refractivity contribution in [3.63, 3.8) is 0 Å². The summed E-state index contributed by atoms with van der Waals surface area (Å²) < 4.78 is 37.6. The van der Waals surface area contributed by atoms with Crippen LogP contribution in [-0.2, 0) is 17.5 Å². The van der Waals surface area contributed by atoms with Crippen molar-refractivity contribution in [3.05, 3.63) is 35.4 Å². The molecule has 0 aromatic heterocycles. The number of halogens is 3. The van der Waals surface area contributed by atoms with Gasteiger partial charge in [-0.15, -0.1) is 0 Å². The Morgan fingerprint density at radius 1 is 1.22 bits per heavy atom. The Morgan fingerprint density at radius 3 is 2.30 bits per heavy atom. The molecular weight excluding hydrogens is 311 g/mol. The molecule has 3 amide bonds. The van der Waals surface area contributed by atoms with Gasteiger partial charge in [0.05, 0.1) is 12.1 Å². The smallest absolute Gasteiger partial charge is 0.341 e. The van der Waals surface area contributed by atoms with Crippen molar-refractivity contribution >= 4 is 11.9 Å². The molecule has 2 N–H and O–H groups in total. The summed E-state index contributed by atoms with van der Waals surface area (Å²) in [4.78, 5) is 24.7. The van der Waals surface area contributed by atoms with Gasteiger partial charge in [0.2, 0.25) is 5.91 Å². The van der Waals surface area contributed by atoms with E-state index >= 15 is 0 Å². The summed E-state index contributed by atoms with van der Waals surface area (Å²) in [5, 5.41) is 4.47. The van der Waals surface area contributed by atoms with Crippen LogP contribution >= 0.6 is 0 Å². The minimum absolute atomic E-state index is 0.0269. The maximum absolute atomic E-state index is 12.5. The van der Waals surface area contributed by atoms with E-state index in [1.165, 1.54) is 19.2 Å². The highest BCUT2D eigenvalue weighted by Crippen LogP contribution is 2.31. The van der Waals surface area contributed by atoms with Crippen LogP contribution in [0.2, 0.25) is 0 Å². The highest BCUT2D eigenvalue weighted by molar-refractivity contribution is 5.95. The number of carbonyl (C=O) groups excluding carboxylic acids is 2. The zero-order valence-electron chi connectivity index (χ0n) is 12.6. The van der Waals surface area contributed by atoms with Crippen molar-refractivity contribution in [2.75, 3.05) is 13.6 Å². The molecule has 126 valence electrons. The second kappa shape index (κ2) is 6.99. The van der Waals surface area contributed by atoms with Gasteiger partial charge < -0.3 is 5.32 Å². The Hall–Kier alpha value is -2.09. The van der Waals surface area contributed by atoms with E-state index in [9.17, 15) is 22.8 Å². The molecule has 0 heterocycles. The molecule has 1 aromatic rings. The van der Waals surface area contributed by atoms with Crippen molar-refractivity contribution in [2.24, 2.45) is 0 Å². The molecule has 1 aliphatic rings. The number of hydrogen-bond acceptors (Lipinski definition) is 3. The Balaban J connectivity index is 1.97. The Labute approximate surface area is 131 Å². The van der Waals surface area contributed by atoms with Gasteiger partial charge in [-0.3, -0.25) is 15.0 Å². The molecule has 0 saturated heterocycles. The van der Waals surface area contributed by atoms with Gasteiger partial charge in [0.25, 0.3) is 0 Å². The predicted octanol–water partition coefficient (Wildman–Crippen LogP) is 2.13. The van der Waals surface area contributed by atoms with E-state index in [-0.39, 0.29) is 12.6 Å². The number of alkyl halides is 3. The summed E-state index contributed by atoms with van der Waals surface area (Å²) in [6, 6.07) is 4.53. The molecule has 5 nitrogen and oxygen atoms in total. The summed E-state index contributed by atoms with van der Waals surface area (Å²) in [6.07, 6.45) is -2.48. The second-order valence-corrected chi connectivity index (χ2v) is 5.46. The highest BCUT2D eigenvalue weighted by atomic mass is 19.4. The monoisotopic (exact) mass is 329 g/mol. The third-order valence-corrected chi connectivity index (χ3v) is 3.56. The zero-order chi connectivity index (χ0) is 17.0. The molecule has 8 heteroatoms. The minimum atomic E-state index is -4.36. The van der Waals surface area contributed by atoms with E-state index in [4.69, 9.17) is 0 Å². The lowest BCUT2D eigenvalue weighted by molar-refractivity contribution is -0.137. The number of rotatable bonds is 5. The minimum Gasteiger partial charge on any atom is -0.341 e. The van der Waals surface area contributed by atoms with Gasteiger partial charge in [0.15, 0.2) is 0 Å². The number of hydrogen-bond donors (Lipinski definition) is 2. The number of nitrogens with one attached hydrogen (secondary N) is 2. The average Bonchev–Trinajstić information content (AvgIpc) is 3.30. The van der Waals surface area contributed by atoms with Crippen LogP contribution in [0, 0.1) is 0 Å². The van der Waals surface area contributed by atoms with Crippen molar-refractivity contribution in [3.8, 4) is 0 Å². The first-order chi connectivity index (χ1) is 10.8. The third kappa shape index (κ3) is 5.24. The quantitative estimate of drug-likeness (QED) is 0.870. The summed E-state index contributed by atoms with van der Waals surface area (Å²) in [5.74, 6) is -0.442. The molecule has 0 aliphatic heterocycles. The molecule has 1 aromatic carbocycles. The van der Waals surface area contributed by atoms with Crippen LogP contribution in [0.1, 0.15) is 24.0 Å². The van der Waals surface area contributed by atoms with Crippen LogP contribution in [0.3, 0.4) is 0 Å². The molecular formula is C15H18F3N3O2. The van der Waals surface area contributed by atoms with E-state index in [1.54, 1.807) is 0 Å². The first-order valence-electron chi connectivity index (χ1n) is 7.21. The number of imide groups is 1. The van der Waals surface area contributed by atoms with E-state index in [2.05, 4.69) is 10.6 Å². The van der Waals surface area contributed by atoms with Crippen LogP contribution in [-0.4, -0.2) is 36.5 Å². The Bertz CT molecular complexity index is 568. The molecule has 2 rings (SSSR count). The normalized spacial score (nSPS) is 14.7. The summed E-state index contributed by atoms with van der Waals surface area (Å²) in [5.41, 5.74) is -0.00535. The van der Waals surface area contributed by atoms with E-state index in [1.807, 2.05) is 4.90 Å². The van der Waals surface area contributed by atoms with Crippen molar-refractivity contribution in [1.29, 1.82) is 0 Å². The molecule has 0 unspecified atom stereocenters. The van der Waals surface area contributed by atoms with Crippen molar-refractivity contribution in [2.45, 2.75) is 31.6 Å². The molecule has 23 heavy (non-hydrogen) atoms. The summed E-state index contributed by atoms with van der Waals surface area (Å²) in [7, 11) is 1.41. The van der Waals surface area contributed by atoms with E-state index in [0.29, 0.717) is 12.1 Å². The first kappa shape index (κ1) is 17.3. The van der Waals surface area contributed by atoms with Crippen LogP contribution in [0.15, 0.2) is 24.3 Å². The van der Waals surface area contributed by atoms with Gasteiger partial charge in [-0.25, -0.2) is 4.79 Å². The van der Waals surface area contributed by atoms with E-state index < -0.39 is 23.7 Å². The topological polar surface area (TPSA) is 61.4 Å². The van der Waals surface area contributed by atoms with Crippen molar-refractivity contribution in [1.82, 2.24) is 15.5 Å². The predicted molar refractivity (Wildman–Crippen MR) is 77.5 cm³/mol. The largest absolute Gasteiger partial charge is 0.416 e. The maximum atomic E-state index is 12.5. The fourth-order valence-corrected chi connectivity index (χ4v) is 2.20. The van der Waals surface area contributed by atoms with Crippen LogP contribution in [0.5, 0.6) is 0 Å². The Kier molecular flexibility index (Phi) is 5.25. The molecule has 1 saturated carbocycles. The lowest BCUT2D eigenvalue weighted by atomic mass is 10.1. The fourth-order valence-electron chi connectivity index (χ4n) is 2.20.